The molecule has 1 aromatic carbocycles. The third-order valence-corrected chi connectivity index (χ3v) is 4.96. The van der Waals surface area contributed by atoms with Crippen LogP contribution in [0.4, 0.5) is 11.5 Å². The van der Waals surface area contributed by atoms with Crippen molar-refractivity contribution in [3.05, 3.63) is 63.8 Å². The molecule has 0 bridgehead atoms. The van der Waals surface area contributed by atoms with Crippen molar-refractivity contribution in [3.63, 3.8) is 0 Å². The number of aromatic nitrogens is 1. The molecule has 0 atom stereocenters. The highest BCUT2D eigenvalue weighted by molar-refractivity contribution is 5.79. The summed E-state index contributed by atoms with van der Waals surface area (Å²) in [6.07, 6.45) is 3.00. The minimum Gasteiger partial charge on any atom is -0.357 e. The van der Waals surface area contributed by atoms with Crippen LogP contribution in [-0.4, -0.2) is 40.9 Å². The Morgan fingerprint density at radius 2 is 2.11 bits per heavy atom. The van der Waals surface area contributed by atoms with Gasteiger partial charge in [-0.2, -0.15) is 5.26 Å². The lowest BCUT2D eigenvalue weighted by Gasteiger charge is -2.33. The molecule has 1 fully saturated rings. The molecule has 1 aromatic heterocycles. The molecule has 144 valence electrons. The van der Waals surface area contributed by atoms with Gasteiger partial charge in [0.05, 0.1) is 10.5 Å². The van der Waals surface area contributed by atoms with E-state index >= 15 is 0 Å². The van der Waals surface area contributed by atoms with Crippen molar-refractivity contribution < 1.29 is 9.72 Å². The highest BCUT2D eigenvalue weighted by atomic mass is 16.6. The molecule has 0 aliphatic carbocycles. The monoisotopic (exact) mass is 379 g/mol. The van der Waals surface area contributed by atoms with Gasteiger partial charge in [-0.25, -0.2) is 4.98 Å². The van der Waals surface area contributed by atoms with Gasteiger partial charge in [-0.3, -0.25) is 14.9 Å². The van der Waals surface area contributed by atoms with E-state index in [-0.39, 0.29) is 17.5 Å². The minimum absolute atomic E-state index is 0.0292. The molecule has 2 heterocycles. The van der Waals surface area contributed by atoms with Crippen molar-refractivity contribution in [2.45, 2.75) is 19.4 Å². The Kier molecular flexibility index (Phi) is 5.84. The van der Waals surface area contributed by atoms with E-state index in [1.54, 1.807) is 36.3 Å². The summed E-state index contributed by atoms with van der Waals surface area (Å²) in [6.45, 7) is 1.79. The fourth-order valence-electron chi connectivity index (χ4n) is 3.43. The van der Waals surface area contributed by atoms with Crippen LogP contribution in [0.2, 0.25) is 0 Å². The number of hydrogen-bond donors (Lipinski definition) is 0. The van der Waals surface area contributed by atoms with Gasteiger partial charge >= 0.3 is 0 Å². The van der Waals surface area contributed by atoms with Crippen LogP contribution in [0.5, 0.6) is 0 Å². The fourth-order valence-corrected chi connectivity index (χ4v) is 3.43. The van der Waals surface area contributed by atoms with Gasteiger partial charge in [-0.15, -0.1) is 0 Å². The Labute approximate surface area is 163 Å². The fraction of sp³-hybridized carbons (Fsp3) is 0.350. The van der Waals surface area contributed by atoms with Gasteiger partial charge in [0, 0.05) is 50.9 Å². The third-order valence-electron chi connectivity index (χ3n) is 4.96. The molecule has 1 amide bonds. The summed E-state index contributed by atoms with van der Waals surface area (Å²) in [5, 5.41) is 19.8. The number of benzene rings is 1. The summed E-state index contributed by atoms with van der Waals surface area (Å²) in [5.74, 6) is 0.798. The van der Waals surface area contributed by atoms with Crippen LogP contribution in [0.15, 0.2) is 42.6 Å². The van der Waals surface area contributed by atoms with Gasteiger partial charge in [0.15, 0.2) is 0 Å². The number of pyridine rings is 1. The number of hydrogen-bond acceptors (Lipinski definition) is 6. The maximum Gasteiger partial charge on any atom is 0.269 e. The zero-order valence-electron chi connectivity index (χ0n) is 15.6. The quantitative estimate of drug-likeness (QED) is 0.584. The second-order valence-electron chi connectivity index (χ2n) is 6.90. The highest BCUT2D eigenvalue weighted by Crippen LogP contribution is 2.24. The van der Waals surface area contributed by atoms with Crippen LogP contribution < -0.4 is 4.90 Å². The van der Waals surface area contributed by atoms with Gasteiger partial charge in [0.2, 0.25) is 5.91 Å². The number of rotatable bonds is 5. The zero-order valence-corrected chi connectivity index (χ0v) is 15.6. The normalized spacial score (nSPS) is 14.4. The highest BCUT2D eigenvalue weighted by Gasteiger charge is 2.27. The number of carbonyl (C=O) groups is 1. The van der Waals surface area contributed by atoms with Crippen LogP contribution in [0.3, 0.4) is 0 Å². The summed E-state index contributed by atoms with van der Waals surface area (Å²) < 4.78 is 0. The lowest BCUT2D eigenvalue weighted by atomic mass is 9.95. The van der Waals surface area contributed by atoms with Crippen molar-refractivity contribution in [1.29, 1.82) is 5.26 Å². The molecule has 28 heavy (non-hydrogen) atoms. The Morgan fingerprint density at radius 1 is 1.36 bits per heavy atom. The number of nitro groups is 1. The van der Waals surface area contributed by atoms with Gasteiger partial charge in [0.25, 0.3) is 5.69 Å². The van der Waals surface area contributed by atoms with Crippen molar-refractivity contribution in [3.8, 4) is 6.07 Å². The van der Waals surface area contributed by atoms with Crippen molar-refractivity contribution in [2.75, 3.05) is 25.0 Å². The lowest BCUT2D eigenvalue weighted by Crippen LogP contribution is -2.41. The summed E-state index contributed by atoms with van der Waals surface area (Å²) >= 11 is 0. The predicted molar refractivity (Wildman–Crippen MR) is 103 cm³/mol. The number of piperidine rings is 1. The number of nitriles is 1. The van der Waals surface area contributed by atoms with Crippen molar-refractivity contribution >= 4 is 17.4 Å². The van der Waals surface area contributed by atoms with Crippen molar-refractivity contribution in [1.82, 2.24) is 9.88 Å². The average molecular weight is 379 g/mol. The van der Waals surface area contributed by atoms with Gasteiger partial charge in [-0.05, 0) is 30.5 Å². The largest absolute Gasteiger partial charge is 0.357 e. The number of amides is 1. The van der Waals surface area contributed by atoms with E-state index in [4.69, 9.17) is 5.26 Å². The van der Waals surface area contributed by atoms with Crippen LogP contribution in [0, 0.1) is 27.4 Å². The SMILES string of the molecule is CN(Cc1cccc([N+](=O)[O-])c1)C(=O)C1CCN(c2ccc(C#N)cn2)CC1. The van der Waals surface area contributed by atoms with Gasteiger partial charge in [-0.1, -0.05) is 12.1 Å². The minimum atomic E-state index is -0.432. The smallest absolute Gasteiger partial charge is 0.269 e. The van der Waals surface area contributed by atoms with E-state index in [0.717, 1.165) is 37.3 Å². The number of nitro benzene ring substituents is 1. The number of non-ortho nitro benzene ring substituents is 1. The zero-order chi connectivity index (χ0) is 20.1. The van der Waals surface area contributed by atoms with Gasteiger partial charge < -0.3 is 9.80 Å². The number of anilines is 1. The Hall–Kier alpha value is -3.47. The molecule has 3 rings (SSSR count). The summed E-state index contributed by atoms with van der Waals surface area (Å²) in [4.78, 5) is 31.3. The molecule has 1 saturated heterocycles. The summed E-state index contributed by atoms with van der Waals surface area (Å²) in [7, 11) is 1.73. The Morgan fingerprint density at radius 3 is 2.71 bits per heavy atom. The predicted octanol–water partition coefficient (Wildman–Crippen LogP) is 2.74. The third kappa shape index (κ3) is 4.43. The molecular formula is C20H21N5O3. The van der Waals surface area contributed by atoms with E-state index in [2.05, 4.69) is 16.0 Å². The maximum atomic E-state index is 12.8. The molecule has 0 radical (unpaired) electrons. The molecule has 0 unspecified atom stereocenters. The van der Waals surface area contributed by atoms with Gasteiger partial charge in [0.1, 0.15) is 11.9 Å². The first-order valence-corrected chi connectivity index (χ1v) is 9.07. The van der Waals surface area contributed by atoms with E-state index in [1.165, 1.54) is 12.1 Å². The maximum absolute atomic E-state index is 12.8. The molecular weight excluding hydrogens is 358 g/mol. The topological polar surface area (TPSA) is 103 Å². The molecule has 0 spiro atoms. The van der Waals surface area contributed by atoms with E-state index in [9.17, 15) is 14.9 Å². The Bertz CT molecular complexity index is 899. The first-order chi connectivity index (χ1) is 13.5. The van der Waals surface area contributed by atoms with Crippen LogP contribution in [0.1, 0.15) is 24.0 Å². The van der Waals surface area contributed by atoms with E-state index < -0.39 is 4.92 Å². The second kappa shape index (κ2) is 8.48. The van der Waals surface area contributed by atoms with Crippen LogP contribution >= 0.6 is 0 Å². The number of carbonyl (C=O) groups excluding carboxylic acids is 1. The van der Waals surface area contributed by atoms with Crippen LogP contribution in [-0.2, 0) is 11.3 Å². The van der Waals surface area contributed by atoms with Crippen LogP contribution in [0.25, 0.3) is 0 Å². The molecule has 1 aliphatic rings. The first kappa shape index (κ1) is 19.3. The summed E-state index contributed by atoms with van der Waals surface area (Å²) in [5.41, 5.74) is 1.29. The molecule has 1 aliphatic heterocycles. The average Bonchev–Trinajstić information content (AvgIpc) is 2.73. The molecule has 0 N–H and O–H groups in total. The Balaban J connectivity index is 1.56. The standard InChI is InChI=1S/C20H21N5O3/c1-23(14-15-3-2-4-18(11-15)25(27)28)20(26)17-7-9-24(10-8-17)19-6-5-16(12-21)13-22-19/h2-6,11,13,17H,7-10,14H2,1H3. The molecule has 8 nitrogen and oxygen atoms in total. The number of nitrogens with zero attached hydrogens (tertiary/aromatic N) is 5. The molecule has 2 aromatic rings. The summed E-state index contributed by atoms with van der Waals surface area (Å²) in [6, 6.07) is 12.0. The van der Waals surface area contributed by atoms with E-state index in [1.807, 2.05) is 6.07 Å². The van der Waals surface area contributed by atoms with Crippen molar-refractivity contribution in [2.24, 2.45) is 5.92 Å². The second-order valence-corrected chi connectivity index (χ2v) is 6.90. The molecule has 0 saturated carbocycles. The molecule has 8 heteroatoms. The first-order valence-electron chi connectivity index (χ1n) is 9.07. The lowest BCUT2D eigenvalue weighted by molar-refractivity contribution is -0.384. The van der Waals surface area contributed by atoms with E-state index in [0.29, 0.717) is 12.1 Å².